The molecule has 0 fully saturated rings. The topological polar surface area (TPSA) is 85.5 Å². The molecule has 0 spiro atoms. The first-order valence-corrected chi connectivity index (χ1v) is 12.0. The Bertz CT molecular complexity index is 1260. The van der Waals surface area contributed by atoms with Gasteiger partial charge in [-0.05, 0) is 63.1 Å². The molecule has 0 aliphatic carbocycles. The Labute approximate surface area is 205 Å². The van der Waals surface area contributed by atoms with Gasteiger partial charge in [-0.3, -0.25) is 4.79 Å². The predicted octanol–water partition coefficient (Wildman–Crippen LogP) is 5.80. The smallest absolute Gasteiger partial charge is 0.255 e. The van der Waals surface area contributed by atoms with Crippen molar-refractivity contribution in [3.05, 3.63) is 77.6 Å². The van der Waals surface area contributed by atoms with Crippen molar-refractivity contribution < 1.29 is 19.0 Å². The summed E-state index contributed by atoms with van der Waals surface area (Å²) >= 11 is 0. The largest absolute Gasteiger partial charge is 0.490 e. The molecule has 4 aromatic rings. The summed E-state index contributed by atoms with van der Waals surface area (Å²) in [7, 11) is 0. The molecule has 1 heterocycles. The Kier molecular flexibility index (Phi) is 7.88. The summed E-state index contributed by atoms with van der Waals surface area (Å²) in [4.78, 5) is 21.2. The van der Waals surface area contributed by atoms with Crippen molar-refractivity contribution in [2.24, 2.45) is 0 Å². The van der Waals surface area contributed by atoms with Gasteiger partial charge in [0, 0.05) is 17.7 Å². The van der Waals surface area contributed by atoms with Gasteiger partial charge in [-0.15, -0.1) is 0 Å². The minimum atomic E-state index is -0.266. The molecule has 0 atom stereocenters. The van der Waals surface area contributed by atoms with Gasteiger partial charge in [-0.2, -0.15) is 0 Å². The number of hydrogen-bond donors (Lipinski definition) is 2. The van der Waals surface area contributed by atoms with Crippen molar-refractivity contribution in [2.45, 2.75) is 33.6 Å². The molecular weight excluding hydrogens is 442 g/mol. The molecule has 0 saturated carbocycles. The summed E-state index contributed by atoms with van der Waals surface area (Å²) in [6, 6.07) is 19.4. The molecule has 0 unspecified atom stereocenters. The number of aromatic amines is 1. The second-order valence-corrected chi connectivity index (χ2v) is 7.96. The Morgan fingerprint density at radius 2 is 1.54 bits per heavy atom. The van der Waals surface area contributed by atoms with E-state index >= 15 is 0 Å². The van der Waals surface area contributed by atoms with Crippen LogP contribution in [0.25, 0.3) is 11.0 Å². The van der Waals surface area contributed by atoms with Gasteiger partial charge in [0.25, 0.3) is 5.91 Å². The van der Waals surface area contributed by atoms with E-state index < -0.39 is 0 Å². The number of imidazole rings is 1. The third kappa shape index (κ3) is 5.93. The molecule has 182 valence electrons. The number of H-pyrrole nitrogens is 1. The fourth-order valence-electron chi connectivity index (χ4n) is 3.89. The number of nitrogens with zero attached hydrogens (tertiary/aromatic N) is 1. The zero-order chi connectivity index (χ0) is 24.6. The van der Waals surface area contributed by atoms with Crippen LogP contribution >= 0.6 is 0 Å². The first-order chi connectivity index (χ1) is 17.1. The maximum Gasteiger partial charge on any atom is 0.255 e. The number of nitrogens with one attached hydrogen (secondary N) is 2. The fraction of sp³-hybridized carbons (Fsp3) is 0.286. The lowest BCUT2D eigenvalue weighted by molar-refractivity contribution is 0.102. The van der Waals surface area contributed by atoms with Gasteiger partial charge in [0.1, 0.15) is 5.82 Å². The second kappa shape index (κ2) is 11.4. The predicted molar refractivity (Wildman–Crippen MR) is 138 cm³/mol. The van der Waals surface area contributed by atoms with Crippen LogP contribution in [0.1, 0.15) is 42.5 Å². The van der Waals surface area contributed by atoms with Gasteiger partial charge in [0.2, 0.25) is 5.75 Å². The van der Waals surface area contributed by atoms with Crippen LogP contribution in [-0.4, -0.2) is 35.7 Å². The first kappa shape index (κ1) is 24.1. The van der Waals surface area contributed by atoms with E-state index in [4.69, 9.17) is 14.2 Å². The van der Waals surface area contributed by atoms with Gasteiger partial charge >= 0.3 is 0 Å². The molecule has 7 nitrogen and oxygen atoms in total. The van der Waals surface area contributed by atoms with E-state index in [0.717, 1.165) is 29.7 Å². The van der Waals surface area contributed by atoms with E-state index in [2.05, 4.69) is 27.4 Å². The van der Waals surface area contributed by atoms with E-state index in [1.54, 1.807) is 12.1 Å². The summed E-state index contributed by atoms with van der Waals surface area (Å²) in [5.74, 6) is 2.13. The highest BCUT2D eigenvalue weighted by Gasteiger charge is 2.19. The quantitative estimate of drug-likeness (QED) is 0.288. The lowest BCUT2D eigenvalue weighted by atomic mass is 10.1. The molecule has 0 bridgehead atoms. The Morgan fingerprint density at radius 1 is 0.857 bits per heavy atom. The van der Waals surface area contributed by atoms with Crippen LogP contribution < -0.4 is 19.5 Å². The molecule has 35 heavy (non-hydrogen) atoms. The highest BCUT2D eigenvalue weighted by molar-refractivity contribution is 6.05. The van der Waals surface area contributed by atoms with E-state index in [0.29, 0.717) is 48.3 Å². The number of hydrogen-bond acceptors (Lipinski definition) is 5. The third-order valence-electron chi connectivity index (χ3n) is 5.45. The van der Waals surface area contributed by atoms with Crippen LogP contribution in [0.15, 0.2) is 60.7 Å². The van der Waals surface area contributed by atoms with Crippen LogP contribution in [0.2, 0.25) is 0 Å². The molecule has 0 saturated heterocycles. The molecule has 0 radical (unpaired) electrons. The maximum atomic E-state index is 13.1. The molecule has 1 aromatic heterocycles. The third-order valence-corrected chi connectivity index (χ3v) is 5.45. The molecule has 1 amide bonds. The normalized spacial score (nSPS) is 10.8. The van der Waals surface area contributed by atoms with Crippen molar-refractivity contribution >= 4 is 22.6 Å². The van der Waals surface area contributed by atoms with Crippen LogP contribution in [0, 0.1) is 0 Å². The number of ether oxygens (including phenoxy) is 3. The van der Waals surface area contributed by atoms with Crippen LogP contribution in [-0.2, 0) is 12.8 Å². The molecule has 0 aliphatic rings. The number of carbonyl (C=O) groups is 1. The molecule has 0 aliphatic heterocycles. The molecule has 4 rings (SSSR count). The van der Waals surface area contributed by atoms with Crippen molar-refractivity contribution in [2.75, 3.05) is 25.1 Å². The average Bonchev–Trinajstić information content (AvgIpc) is 3.27. The summed E-state index contributed by atoms with van der Waals surface area (Å²) in [5, 5.41) is 2.97. The van der Waals surface area contributed by atoms with Gasteiger partial charge in [-0.1, -0.05) is 30.3 Å². The number of rotatable bonds is 11. The molecule has 3 aromatic carbocycles. The minimum Gasteiger partial charge on any atom is -0.490 e. The number of anilines is 1. The zero-order valence-electron chi connectivity index (χ0n) is 20.4. The zero-order valence-corrected chi connectivity index (χ0v) is 20.4. The van der Waals surface area contributed by atoms with Crippen LogP contribution in [0.3, 0.4) is 0 Å². The van der Waals surface area contributed by atoms with Gasteiger partial charge in [0.15, 0.2) is 11.5 Å². The number of fused-ring (bicyclic) bond motifs is 1. The number of amides is 1. The van der Waals surface area contributed by atoms with E-state index in [1.807, 2.05) is 57.2 Å². The Balaban J connectivity index is 1.52. The van der Waals surface area contributed by atoms with Crippen molar-refractivity contribution in [3.8, 4) is 17.2 Å². The Hall–Kier alpha value is -4.00. The van der Waals surface area contributed by atoms with Gasteiger partial charge < -0.3 is 24.5 Å². The number of aromatic nitrogens is 2. The van der Waals surface area contributed by atoms with Gasteiger partial charge in [-0.25, -0.2) is 4.98 Å². The van der Waals surface area contributed by atoms with Crippen LogP contribution in [0.4, 0.5) is 5.69 Å². The Morgan fingerprint density at radius 3 is 2.20 bits per heavy atom. The second-order valence-electron chi connectivity index (χ2n) is 7.96. The van der Waals surface area contributed by atoms with Crippen LogP contribution in [0.5, 0.6) is 17.2 Å². The summed E-state index contributed by atoms with van der Waals surface area (Å²) in [6.45, 7) is 7.01. The number of carbonyl (C=O) groups excluding carboxylic acids is 1. The molecular formula is C28H31N3O4. The van der Waals surface area contributed by atoms with Crippen molar-refractivity contribution in [1.82, 2.24) is 9.97 Å². The van der Waals surface area contributed by atoms with E-state index in [9.17, 15) is 4.79 Å². The fourth-order valence-corrected chi connectivity index (χ4v) is 3.89. The first-order valence-electron chi connectivity index (χ1n) is 12.0. The van der Waals surface area contributed by atoms with E-state index in [-0.39, 0.29) is 5.91 Å². The van der Waals surface area contributed by atoms with E-state index in [1.165, 1.54) is 5.56 Å². The SMILES string of the molecule is CCOc1cc(C(=O)Nc2ccc3nc(CCc4ccccc4)[nH]c3c2)cc(OCC)c1OCC. The summed E-state index contributed by atoms with van der Waals surface area (Å²) in [5.41, 5.74) is 4.11. The summed E-state index contributed by atoms with van der Waals surface area (Å²) < 4.78 is 17.2. The highest BCUT2D eigenvalue weighted by atomic mass is 16.5. The minimum absolute atomic E-state index is 0.266. The monoisotopic (exact) mass is 473 g/mol. The standard InChI is InChI=1S/C28H31N3O4/c1-4-33-24-16-20(17-25(34-5-2)27(24)35-6-3)28(32)29-21-13-14-22-23(18-21)31-26(30-22)15-12-19-10-8-7-9-11-19/h7-11,13-14,16-18H,4-6,12,15H2,1-3H3,(H,29,32)(H,30,31). The average molecular weight is 474 g/mol. The highest BCUT2D eigenvalue weighted by Crippen LogP contribution is 2.39. The lowest BCUT2D eigenvalue weighted by Gasteiger charge is -2.17. The van der Waals surface area contributed by atoms with Crippen molar-refractivity contribution in [1.29, 1.82) is 0 Å². The molecule has 7 heteroatoms. The summed E-state index contributed by atoms with van der Waals surface area (Å²) in [6.07, 6.45) is 1.72. The number of aryl methyl sites for hydroxylation is 2. The lowest BCUT2D eigenvalue weighted by Crippen LogP contribution is -2.13. The number of benzene rings is 3. The van der Waals surface area contributed by atoms with Gasteiger partial charge in [0.05, 0.1) is 30.9 Å². The molecule has 2 N–H and O–H groups in total. The van der Waals surface area contributed by atoms with Crippen molar-refractivity contribution in [3.63, 3.8) is 0 Å². The maximum absolute atomic E-state index is 13.1.